The van der Waals surface area contributed by atoms with E-state index in [1.807, 2.05) is 0 Å². The van der Waals surface area contributed by atoms with Crippen molar-refractivity contribution >= 4 is 0 Å². The number of unbranched alkanes of at least 4 members (excludes halogenated alkanes) is 1. The molecule has 2 unspecified atom stereocenters. The van der Waals surface area contributed by atoms with Crippen molar-refractivity contribution in [2.45, 2.75) is 65.8 Å². The lowest BCUT2D eigenvalue weighted by atomic mass is 9.67. The molecule has 1 aliphatic carbocycles. The summed E-state index contributed by atoms with van der Waals surface area (Å²) in [6.45, 7) is 13.7. The average molecular weight is 284 g/mol. The van der Waals surface area contributed by atoms with Gasteiger partial charge in [0.2, 0.25) is 0 Å². The standard InChI is InChI=1S/C17H36N2O/c1-5-7-11-19(12-13-20)14-15-9-8-10-17(3,4)16(15)18-6-2/h15-16,18,20H,5-14H2,1-4H3. The van der Waals surface area contributed by atoms with Crippen LogP contribution >= 0.6 is 0 Å². The maximum absolute atomic E-state index is 9.28. The molecule has 2 atom stereocenters. The van der Waals surface area contributed by atoms with Gasteiger partial charge in [0, 0.05) is 19.1 Å². The van der Waals surface area contributed by atoms with E-state index in [-0.39, 0.29) is 6.61 Å². The highest BCUT2D eigenvalue weighted by molar-refractivity contribution is 4.94. The van der Waals surface area contributed by atoms with E-state index in [1.54, 1.807) is 0 Å². The zero-order chi connectivity index (χ0) is 15.0. The van der Waals surface area contributed by atoms with Gasteiger partial charge in [0.1, 0.15) is 0 Å². The topological polar surface area (TPSA) is 35.5 Å². The first-order valence-corrected chi connectivity index (χ1v) is 8.61. The van der Waals surface area contributed by atoms with E-state index >= 15 is 0 Å². The minimum Gasteiger partial charge on any atom is -0.395 e. The summed E-state index contributed by atoms with van der Waals surface area (Å²) in [5, 5.41) is 13.0. The highest BCUT2D eigenvalue weighted by Gasteiger charge is 2.38. The second-order valence-corrected chi connectivity index (χ2v) is 7.05. The maximum atomic E-state index is 9.28. The van der Waals surface area contributed by atoms with E-state index < -0.39 is 0 Å². The van der Waals surface area contributed by atoms with Crippen molar-refractivity contribution in [1.29, 1.82) is 0 Å². The van der Waals surface area contributed by atoms with Gasteiger partial charge in [-0.25, -0.2) is 0 Å². The molecule has 0 aromatic heterocycles. The number of hydrogen-bond donors (Lipinski definition) is 2. The molecule has 2 N–H and O–H groups in total. The van der Waals surface area contributed by atoms with Gasteiger partial charge in [0.15, 0.2) is 0 Å². The molecule has 0 spiro atoms. The monoisotopic (exact) mass is 284 g/mol. The number of rotatable bonds is 9. The molecule has 3 heteroatoms. The van der Waals surface area contributed by atoms with Crippen LogP contribution < -0.4 is 5.32 Å². The number of nitrogens with zero attached hydrogens (tertiary/aromatic N) is 1. The van der Waals surface area contributed by atoms with Crippen molar-refractivity contribution in [1.82, 2.24) is 10.2 Å². The molecular formula is C17H36N2O. The van der Waals surface area contributed by atoms with Gasteiger partial charge in [-0.1, -0.05) is 40.5 Å². The minimum absolute atomic E-state index is 0.283. The van der Waals surface area contributed by atoms with E-state index in [0.717, 1.165) is 32.1 Å². The molecular weight excluding hydrogens is 248 g/mol. The Bertz CT molecular complexity index is 255. The zero-order valence-electron chi connectivity index (χ0n) is 14.1. The van der Waals surface area contributed by atoms with Crippen LogP contribution in [-0.4, -0.2) is 48.8 Å². The fraction of sp³-hybridized carbons (Fsp3) is 1.00. The van der Waals surface area contributed by atoms with Crippen molar-refractivity contribution in [3.8, 4) is 0 Å². The van der Waals surface area contributed by atoms with E-state index in [9.17, 15) is 5.11 Å². The largest absolute Gasteiger partial charge is 0.395 e. The van der Waals surface area contributed by atoms with E-state index in [0.29, 0.717) is 11.5 Å². The molecule has 0 bridgehead atoms. The highest BCUT2D eigenvalue weighted by Crippen LogP contribution is 2.39. The van der Waals surface area contributed by atoms with E-state index in [4.69, 9.17) is 0 Å². The van der Waals surface area contributed by atoms with Gasteiger partial charge in [-0.05, 0) is 43.7 Å². The summed E-state index contributed by atoms with van der Waals surface area (Å²) < 4.78 is 0. The SMILES string of the molecule is CCCCN(CCO)CC1CCCC(C)(C)C1NCC. The normalized spacial score (nSPS) is 26.1. The van der Waals surface area contributed by atoms with Crippen LogP contribution in [0, 0.1) is 11.3 Å². The Hall–Kier alpha value is -0.120. The Morgan fingerprint density at radius 1 is 1.25 bits per heavy atom. The van der Waals surface area contributed by atoms with Crippen LogP contribution in [0.2, 0.25) is 0 Å². The van der Waals surface area contributed by atoms with Crippen LogP contribution in [0.1, 0.15) is 59.8 Å². The Kier molecular flexibility index (Phi) is 8.08. The lowest BCUT2D eigenvalue weighted by Crippen LogP contribution is -2.53. The van der Waals surface area contributed by atoms with Crippen molar-refractivity contribution in [3.05, 3.63) is 0 Å². The van der Waals surface area contributed by atoms with Crippen molar-refractivity contribution < 1.29 is 5.11 Å². The zero-order valence-corrected chi connectivity index (χ0v) is 14.1. The van der Waals surface area contributed by atoms with E-state index in [2.05, 4.69) is 37.9 Å². The molecule has 0 aromatic carbocycles. The second kappa shape index (κ2) is 9.01. The lowest BCUT2D eigenvalue weighted by Gasteiger charge is -2.46. The van der Waals surface area contributed by atoms with Crippen LogP contribution in [0.3, 0.4) is 0 Å². The summed E-state index contributed by atoms with van der Waals surface area (Å²) in [5.41, 5.74) is 0.397. The van der Waals surface area contributed by atoms with Gasteiger partial charge < -0.3 is 15.3 Å². The van der Waals surface area contributed by atoms with Gasteiger partial charge in [-0.15, -0.1) is 0 Å². The van der Waals surface area contributed by atoms with Crippen molar-refractivity contribution in [3.63, 3.8) is 0 Å². The molecule has 0 amide bonds. The summed E-state index contributed by atoms with van der Waals surface area (Å²) in [6.07, 6.45) is 6.47. The highest BCUT2D eigenvalue weighted by atomic mass is 16.3. The van der Waals surface area contributed by atoms with Gasteiger partial charge in [0.05, 0.1) is 6.61 Å². The number of nitrogens with one attached hydrogen (secondary N) is 1. The molecule has 1 saturated carbocycles. The van der Waals surface area contributed by atoms with Crippen LogP contribution in [0.4, 0.5) is 0 Å². The minimum atomic E-state index is 0.283. The van der Waals surface area contributed by atoms with Crippen LogP contribution in [0.25, 0.3) is 0 Å². The van der Waals surface area contributed by atoms with Crippen molar-refractivity contribution in [2.24, 2.45) is 11.3 Å². The quantitative estimate of drug-likeness (QED) is 0.683. The van der Waals surface area contributed by atoms with Crippen LogP contribution in [-0.2, 0) is 0 Å². The van der Waals surface area contributed by atoms with Crippen LogP contribution in [0.5, 0.6) is 0 Å². The van der Waals surface area contributed by atoms with Gasteiger partial charge in [-0.2, -0.15) is 0 Å². The number of aliphatic hydroxyl groups excluding tert-OH is 1. The molecule has 0 aromatic rings. The van der Waals surface area contributed by atoms with Crippen LogP contribution in [0.15, 0.2) is 0 Å². The fourth-order valence-electron chi connectivity index (χ4n) is 3.79. The predicted octanol–water partition coefficient (Wildman–Crippen LogP) is 2.89. The summed E-state index contributed by atoms with van der Waals surface area (Å²) in [6, 6.07) is 0.615. The molecule has 3 nitrogen and oxygen atoms in total. The molecule has 1 fully saturated rings. The predicted molar refractivity (Wildman–Crippen MR) is 87.0 cm³/mol. The second-order valence-electron chi connectivity index (χ2n) is 7.05. The Morgan fingerprint density at radius 2 is 2.00 bits per heavy atom. The third-order valence-electron chi connectivity index (χ3n) is 4.87. The number of aliphatic hydroxyl groups is 1. The number of hydrogen-bond acceptors (Lipinski definition) is 3. The third-order valence-corrected chi connectivity index (χ3v) is 4.87. The molecule has 1 aliphatic rings. The van der Waals surface area contributed by atoms with Gasteiger partial charge in [0.25, 0.3) is 0 Å². The summed E-state index contributed by atoms with van der Waals surface area (Å²) >= 11 is 0. The smallest absolute Gasteiger partial charge is 0.0558 e. The fourth-order valence-corrected chi connectivity index (χ4v) is 3.79. The summed E-state index contributed by atoms with van der Waals surface area (Å²) in [5.74, 6) is 0.724. The Morgan fingerprint density at radius 3 is 2.60 bits per heavy atom. The molecule has 0 radical (unpaired) electrons. The first kappa shape index (κ1) is 17.9. The molecule has 20 heavy (non-hydrogen) atoms. The molecule has 120 valence electrons. The lowest BCUT2D eigenvalue weighted by molar-refractivity contribution is 0.0732. The summed E-state index contributed by atoms with van der Waals surface area (Å²) in [4.78, 5) is 2.47. The first-order chi connectivity index (χ1) is 9.55. The molecule has 1 rings (SSSR count). The maximum Gasteiger partial charge on any atom is 0.0558 e. The van der Waals surface area contributed by atoms with Gasteiger partial charge in [-0.3, -0.25) is 0 Å². The first-order valence-electron chi connectivity index (χ1n) is 8.61. The third kappa shape index (κ3) is 5.34. The molecule has 0 saturated heterocycles. The Balaban J connectivity index is 2.64. The molecule has 0 heterocycles. The average Bonchev–Trinajstić information content (AvgIpc) is 2.40. The summed E-state index contributed by atoms with van der Waals surface area (Å²) in [7, 11) is 0. The van der Waals surface area contributed by atoms with Crippen molar-refractivity contribution in [2.75, 3.05) is 32.8 Å². The van der Waals surface area contributed by atoms with Gasteiger partial charge >= 0.3 is 0 Å². The van der Waals surface area contributed by atoms with E-state index in [1.165, 1.54) is 32.1 Å². The Labute approximate surface area is 126 Å². The molecule has 0 aliphatic heterocycles.